The molecule has 1 unspecified atom stereocenters. The molecule has 0 radical (unpaired) electrons. The van der Waals surface area contributed by atoms with Gasteiger partial charge in [-0.25, -0.2) is 0 Å². The van der Waals surface area contributed by atoms with E-state index in [1.807, 2.05) is 19.9 Å². The fourth-order valence-corrected chi connectivity index (χ4v) is 1.75. The lowest BCUT2D eigenvalue weighted by Gasteiger charge is -2.19. The summed E-state index contributed by atoms with van der Waals surface area (Å²) in [6.45, 7) is 5.69. The van der Waals surface area contributed by atoms with Crippen molar-refractivity contribution >= 4 is 0 Å². The average Bonchev–Trinajstić information content (AvgIpc) is 2.20. The minimum absolute atomic E-state index is 0.561. The average molecular weight is 210 g/mol. The Labute approximate surface area is 90.6 Å². The summed E-state index contributed by atoms with van der Waals surface area (Å²) in [4.78, 5) is 0. The largest absolute Gasteiger partial charge is 0.493 e. The van der Waals surface area contributed by atoms with Crippen LogP contribution in [0.1, 0.15) is 29.7 Å². The van der Waals surface area contributed by atoms with Gasteiger partial charge in [0.25, 0.3) is 0 Å². The van der Waals surface area contributed by atoms with Gasteiger partial charge in [-0.1, -0.05) is 0 Å². The number of aliphatic hydroxyl groups is 1. The van der Waals surface area contributed by atoms with E-state index in [9.17, 15) is 5.11 Å². The van der Waals surface area contributed by atoms with Gasteiger partial charge in [0.2, 0.25) is 0 Å². The first-order valence-corrected chi connectivity index (χ1v) is 4.93. The molecule has 0 aliphatic heterocycles. The summed E-state index contributed by atoms with van der Waals surface area (Å²) in [6.07, 6.45) is -0.561. The summed E-state index contributed by atoms with van der Waals surface area (Å²) in [5.41, 5.74) is 2.93. The van der Waals surface area contributed by atoms with E-state index in [0.717, 1.165) is 16.7 Å². The van der Waals surface area contributed by atoms with Gasteiger partial charge in [0, 0.05) is 5.56 Å². The van der Waals surface area contributed by atoms with Gasteiger partial charge in [0.1, 0.15) is 0 Å². The first-order chi connectivity index (χ1) is 7.02. The van der Waals surface area contributed by atoms with Crippen LogP contribution in [0.15, 0.2) is 6.07 Å². The van der Waals surface area contributed by atoms with Crippen molar-refractivity contribution in [2.45, 2.75) is 26.9 Å². The van der Waals surface area contributed by atoms with Gasteiger partial charge < -0.3 is 14.6 Å². The molecule has 0 aliphatic carbocycles. The normalized spacial score (nSPS) is 12.4. The predicted molar refractivity (Wildman–Crippen MR) is 59.7 cm³/mol. The van der Waals surface area contributed by atoms with Crippen LogP contribution in [0.5, 0.6) is 11.5 Å². The van der Waals surface area contributed by atoms with Crippen LogP contribution >= 0.6 is 0 Å². The predicted octanol–water partition coefficient (Wildman–Crippen LogP) is 2.37. The lowest BCUT2D eigenvalue weighted by Crippen LogP contribution is -2.03. The van der Waals surface area contributed by atoms with Crippen molar-refractivity contribution < 1.29 is 14.6 Å². The van der Waals surface area contributed by atoms with Gasteiger partial charge >= 0.3 is 0 Å². The van der Waals surface area contributed by atoms with Crippen LogP contribution < -0.4 is 9.47 Å². The molecular weight excluding hydrogens is 192 g/mol. The van der Waals surface area contributed by atoms with Crippen molar-refractivity contribution in [3.8, 4) is 11.5 Å². The molecule has 15 heavy (non-hydrogen) atoms. The number of ether oxygens (including phenoxy) is 2. The Morgan fingerprint density at radius 2 is 1.80 bits per heavy atom. The number of methoxy groups -OCH3 is 2. The molecule has 3 heteroatoms. The summed E-state index contributed by atoms with van der Waals surface area (Å²) in [7, 11) is 3.18. The first kappa shape index (κ1) is 11.9. The topological polar surface area (TPSA) is 38.7 Å². The number of hydrogen-bond acceptors (Lipinski definition) is 3. The van der Waals surface area contributed by atoms with E-state index >= 15 is 0 Å². The highest BCUT2D eigenvalue weighted by molar-refractivity contribution is 5.54. The highest BCUT2D eigenvalue weighted by Gasteiger charge is 2.18. The first-order valence-electron chi connectivity index (χ1n) is 4.93. The quantitative estimate of drug-likeness (QED) is 0.832. The Hall–Kier alpha value is -1.22. The van der Waals surface area contributed by atoms with Crippen LogP contribution in [0.4, 0.5) is 0 Å². The van der Waals surface area contributed by atoms with Crippen molar-refractivity contribution in [1.82, 2.24) is 0 Å². The number of aliphatic hydroxyl groups excluding tert-OH is 1. The molecule has 0 heterocycles. The Morgan fingerprint density at radius 1 is 1.20 bits per heavy atom. The number of hydrogen-bond donors (Lipinski definition) is 1. The molecule has 1 aromatic carbocycles. The summed E-state index contributed by atoms with van der Waals surface area (Å²) < 4.78 is 10.5. The lowest BCUT2D eigenvalue weighted by atomic mass is 9.98. The van der Waals surface area contributed by atoms with Crippen LogP contribution in [-0.2, 0) is 0 Å². The highest BCUT2D eigenvalue weighted by atomic mass is 16.5. The van der Waals surface area contributed by atoms with Crippen LogP contribution in [0.3, 0.4) is 0 Å². The second-order valence-corrected chi connectivity index (χ2v) is 3.64. The summed E-state index contributed by atoms with van der Waals surface area (Å²) in [6, 6.07) is 1.92. The van der Waals surface area contributed by atoms with Gasteiger partial charge in [-0.15, -0.1) is 0 Å². The zero-order valence-corrected chi connectivity index (χ0v) is 9.92. The van der Waals surface area contributed by atoms with Crippen molar-refractivity contribution in [2.24, 2.45) is 0 Å². The molecule has 84 valence electrons. The van der Waals surface area contributed by atoms with Gasteiger partial charge in [0.15, 0.2) is 11.5 Å². The zero-order chi connectivity index (χ0) is 11.6. The van der Waals surface area contributed by atoms with Crippen LogP contribution in [-0.4, -0.2) is 19.3 Å². The number of rotatable bonds is 3. The Kier molecular flexibility index (Phi) is 3.58. The van der Waals surface area contributed by atoms with E-state index in [4.69, 9.17) is 9.47 Å². The molecule has 1 N–H and O–H groups in total. The second-order valence-electron chi connectivity index (χ2n) is 3.64. The Bertz CT molecular complexity index is 356. The van der Waals surface area contributed by atoms with E-state index in [1.54, 1.807) is 21.1 Å². The summed E-state index contributed by atoms with van der Waals surface area (Å²) >= 11 is 0. The Balaban J connectivity index is 3.49. The maximum absolute atomic E-state index is 9.73. The van der Waals surface area contributed by atoms with E-state index < -0.39 is 6.10 Å². The Morgan fingerprint density at radius 3 is 2.20 bits per heavy atom. The molecule has 0 saturated carbocycles. The third-order valence-electron chi connectivity index (χ3n) is 2.65. The van der Waals surface area contributed by atoms with E-state index in [0.29, 0.717) is 11.5 Å². The summed E-state index contributed by atoms with van der Waals surface area (Å²) in [5, 5.41) is 9.73. The molecule has 1 rings (SSSR count). The van der Waals surface area contributed by atoms with Gasteiger partial charge in [-0.3, -0.25) is 0 Å². The zero-order valence-electron chi connectivity index (χ0n) is 9.92. The fourth-order valence-electron chi connectivity index (χ4n) is 1.75. The molecule has 1 atom stereocenters. The molecule has 0 saturated heterocycles. The van der Waals surface area contributed by atoms with Crippen molar-refractivity contribution in [3.63, 3.8) is 0 Å². The highest BCUT2D eigenvalue weighted by Crippen LogP contribution is 2.38. The van der Waals surface area contributed by atoms with E-state index in [2.05, 4.69) is 0 Å². The molecular formula is C12H18O3. The second kappa shape index (κ2) is 4.53. The minimum atomic E-state index is -0.561. The third kappa shape index (κ3) is 2.07. The fraction of sp³-hybridized carbons (Fsp3) is 0.500. The molecule has 0 aliphatic rings. The van der Waals surface area contributed by atoms with Gasteiger partial charge in [0.05, 0.1) is 20.3 Å². The van der Waals surface area contributed by atoms with Crippen LogP contribution in [0.25, 0.3) is 0 Å². The maximum atomic E-state index is 9.73. The third-order valence-corrected chi connectivity index (χ3v) is 2.65. The lowest BCUT2D eigenvalue weighted by molar-refractivity contribution is 0.192. The number of aryl methyl sites for hydroxylation is 1. The van der Waals surface area contributed by atoms with E-state index in [1.165, 1.54) is 0 Å². The SMILES string of the molecule is COc1cc(C)c(C)c(C(C)O)c1OC. The molecule has 0 bridgehead atoms. The van der Waals surface area contributed by atoms with Gasteiger partial charge in [-0.2, -0.15) is 0 Å². The van der Waals surface area contributed by atoms with Gasteiger partial charge in [-0.05, 0) is 38.0 Å². The molecule has 0 fully saturated rings. The standard InChI is InChI=1S/C12H18O3/c1-7-6-10(14-4)12(15-5)11(8(7)2)9(3)13/h6,9,13H,1-5H3. The molecule has 1 aromatic rings. The van der Waals surface area contributed by atoms with Crippen molar-refractivity contribution in [1.29, 1.82) is 0 Å². The molecule has 3 nitrogen and oxygen atoms in total. The van der Waals surface area contributed by atoms with Crippen LogP contribution in [0.2, 0.25) is 0 Å². The smallest absolute Gasteiger partial charge is 0.166 e. The minimum Gasteiger partial charge on any atom is -0.493 e. The van der Waals surface area contributed by atoms with Crippen LogP contribution in [0, 0.1) is 13.8 Å². The summed E-state index contributed by atoms with van der Waals surface area (Å²) in [5.74, 6) is 1.28. The van der Waals surface area contributed by atoms with E-state index in [-0.39, 0.29) is 0 Å². The molecule has 0 aromatic heterocycles. The maximum Gasteiger partial charge on any atom is 0.166 e. The van der Waals surface area contributed by atoms with Crippen molar-refractivity contribution in [3.05, 3.63) is 22.8 Å². The number of benzene rings is 1. The molecule has 0 amide bonds. The monoisotopic (exact) mass is 210 g/mol. The van der Waals surface area contributed by atoms with Crippen molar-refractivity contribution in [2.75, 3.05) is 14.2 Å². The molecule has 0 spiro atoms.